The first-order valence-electron chi connectivity index (χ1n) is 10.3. The lowest BCUT2D eigenvalue weighted by Crippen LogP contribution is -2.41. The van der Waals surface area contributed by atoms with E-state index in [1.165, 1.54) is 13.2 Å². The van der Waals surface area contributed by atoms with Gasteiger partial charge < -0.3 is 24.8 Å². The maximum Gasteiger partial charge on any atom is 0.422 e. The standard InChI is InChI=1S/C20H21ClF4N6O5/c1-4-30-13(7-32)29-31(19(30)34)15-11(22)6-10(17(28-15)36-8-20(23,24)25)16(33)27-14-9(2)5-12(21)26-18(14)35-3/h5-6,13,29,32H,4,7-8H2,1-3H3,(H,27,33). The number of rotatable bonds is 8. The van der Waals surface area contributed by atoms with Crippen molar-refractivity contribution in [3.63, 3.8) is 0 Å². The summed E-state index contributed by atoms with van der Waals surface area (Å²) in [5.74, 6) is -4.08. The molecule has 3 rings (SSSR count). The Labute approximate surface area is 206 Å². The van der Waals surface area contributed by atoms with Gasteiger partial charge in [0.05, 0.1) is 13.7 Å². The molecule has 0 saturated carbocycles. The fourth-order valence-corrected chi connectivity index (χ4v) is 3.55. The number of methoxy groups -OCH3 is 1. The molecule has 3 N–H and O–H groups in total. The number of aliphatic hydroxyl groups is 1. The molecule has 2 aromatic rings. The number of urea groups is 1. The Balaban J connectivity index is 2.04. The lowest BCUT2D eigenvalue weighted by Gasteiger charge is -2.19. The Bertz CT molecular complexity index is 1170. The van der Waals surface area contributed by atoms with Gasteiger partial charge in [0.15, 0.2) is 18.2 Å². The van der Waals surface area contributed by atoms with Crippen molar-refractivity contribution < 1.29 is 41.7 Å². The summed E-state index contributed by atoms with van der Waals surface area (Å²) in [5, 5.41) is 12.5. The number of anilines is 2. The van der Waals surface area contributed by atoms with Crippen molar-refractivity contribution >= 4 is 35.0 Å². The summed E-state index contributed by atoms with van der Waals surface area (Å²) < 4.78 is 63.5. The fourth-order valence-electron chi connectivity index (χ4n) is 3.31. The smallest absolute Gasteiger partial charge is 0.422 e. The summed E-state index contributed by atoms with van der Waals surface area (Å²) in [6.07, 6.45) is -5.74. The van der Waals surface area contributed by atoms with Gasteiger partial charge in [-0.3, -0.25) is 4.79 Å². The summed E-state index contributed by atoms with van der Waals surface area (Å²) >= 11 is 5.87. The minimum absolute atomic E-state index is 0.0268. The Morgan fingerprint density at radius 1 is 1.31 bits per heavy atom. The normalized spacial score (nSPS) is 15.9. The Hall–Kier alpha value is -3.43. The number of pyridine rings is 2. The van der Waals surface area contributed by atoms with Gasteiger partial charge in [0.25, 0.3) is 5.91 Å². The van der Waals surface area contributed by atoms with Crippen LogP contribution in [-0.4, -0.2) is 71.1 Å². The van der Waals surface area contributed by atoms with Crippen molar-refractivity contribution in [3.8, 4) is 11.8 Å². The van der Waals surface area contributed by atoms with Gasteiger partial charge in [-0.2, -0.15) is 28.6 Å². The summed E-state index contributed by atoms with van der Waals surface area (Å²) in [6.45, 7) is 0.895. The number of likely N-dealkylation sites (N-methyl/N-ethyl adjacent to an activating group) is 1. The molecule has 11 nitrogen and oxygen atoms in total. The number of nitrogens with zero attached hydrogens (tertiary/aromatic N) is 4. The minimum atomic E-state index is -4.81. The van der Waals surface area contributed by atoms with Crippen molar-refractivity contribution in [1.29, 1.82) is 0 Å². The number of carbonyl (C=O) groups is 2. The van der Waals surface area contributed by atoms with Crippen LogP contribution in [0.15, 0.2) is 12.1 Å². The van der Waals surface area contributed by atoms with Gasteiger partial charge >= 0.3 is 12.2 Å². The molecule has 1 atom stereocenters. The summed E-state index contributed by atoms with van der Waals surface area (Å²) in [6, 6.07) is 1.14. The van der Waals surface area contributed by atoms with E-state index in [2.05, 4.69) is 20.7 Å². The number of amides is 3. The zero-order valence-electron chi connectivity index (χ0n) is 19.1. The van der Waals surface area contributed by atoms with Crippen molar-refractivity contribution in [2.75, 3.05) is 37.2 Å². The first kappa shape index (κ1) is 27.2. The van der Waals surface area contributed by atoms with Gasteiger partial charge in [0.1, 0.15) is 22.6 Å². The third-order valence-corrected chi connectivity index (χ3v) is 5.13. The third-order valence-electron chi connectivity index (χ3n) is 4.94. The Morgan fingerprint density at radius 2 is 2.00 bits per heavy atom. The van der Waals surface area contributed by atoms with Crippen LogP contribution in [0.5, 0.6) is 11.8 Å². The highest BCUT2D eigenvalue weighted by atomic mass is 35.5. The van der Waals surface area contributed by atoms with Crippen LogP contribution in [-0.2, 0) is 0 Å². The molecule has 0 spiro atoms. The lowest BCUT2D eigenvalue weighted by molar-refractivity contribution is -0.154. The van der Waals surface area contributed by atoms with E-state index in [1.54, 1.807) is 13.8 Å². The first-order chi connectivity index (χ1) is 16.9. The second-order valence-electron chi connectivity index (χ2n) is 7.38. The number of hydrazine groups is 1. The number of aliphatic hydroxyl groups excluding tert-OH is 1. The van der Waals surface area contributed by atoms with Crippen molar-refractivity contribution in [2.45, 2.75) is 26.2 Å². The number of halogens is 5. The summed E-state index contributed by atoms with van der Waals surface area (Å²) in [7, 11) is 1.25. The largest absolute Gasteiger partial charge is 0.479 e. The van der Waals surface area contributed by atoms with Crippen molar-refractivity contribution in [3.05, 3.63) is 34.2 Å². The van der Waals surface area contributed by atoms with Gasteiger partial charge in [-0.15, -0.1) is 0 Å². The van der Waals surface area contributed by atoms with Crippen LogP contribution in [0.25, 0.3) is 0 Å². The fraction of sp³-hybridized carbons (Fsp3) is 0.400. The van der Waals surface area contributed by atoms with E-state index >= 15 is 4.39 Å². The second-order valence-corrected chi connectivity index (χ2v) is 7.77. The number of hydrogen-bond donors (Lipinski definition) is 3. The molecule has 0 aromatic carbocycles. The van der Waals surface area contributed by atoms with Crippen LogP contribution in [0.4, 0.5) is 33.9 Å². The van der Waals surface area contributed by atoms with Crippen molar-refractivity contribution in [2.24, 2.45) is 0 Å². The molecule has 1 unspecified atom stereocenters. The highest BCUT2D eigenvalue weighted by molar-refractivity contribution is 6.29. The van der Waals surface area contributed by atoms with Crippen LogP contribution in [0.3, 0.4) is 0 Å². The van der Waals surface area contributed by atoms with E-state index < -0.39 is 60.6 Å². The average molecular weight is 537 g/mol. The molecule has 0 aliphatic carbocycles. The van der Waals surface area contributed by atoms with Gasteiger partial charge in [0.2, 0.25) is 11.8 Å². The highest BCUT2D eigenvalue weighted by Crippen LogP contribution is 2.32. The van der Waals surface area contributed by atoms with Crippen LogP contribution >= 0.6 is 11.6 Å². The molecule has 1 saturated heterocycles. The molecule has 0 radical (unpaired) electrons. The molecule has 1 aliphatic heterocycles. The maximum absolute atomic E-state index is 15.1. The molecule has 1 aliphatic rings. The Morgan fingerprint density at radius 3 is 2.56 bits per heavy atom. The molecule has 16 heteroatoms. The van der Waals surface area contributed by atoms with E-state index in [0.717, 1.165) is 4.90 Å². The zero-order chi connectivity index (χ0) is 26.8. The molecule has 3 amide bonds. The molecule has 2 aromatic heterocycles. The number of carbonyl (C=O) groups excluding carboxylic acids is 2. The number of aromatic nitrogens is 2. The van der Waals surface area contributed by atoms with E-state index in [1.807, 2.05) is 0 Å². The third kappa shape index (κ3) is 5.68. The quantitative estimate of drug-likeness (QED) is 0.347. The van der Waals surface area contributed by atoms with Gasteiger partial charge in [-0.05, 0) is 31.5 Å². The molecule has 36 heavy (non-hydrogen) atoms. The second kappa shape index (κ2) is 10.7. The topological polar surface area (TPSA) is 129 Å². The number of alkyl halides is 3. The number of aryl methyl sites for hydroxylation is 1. The van der Waals surface area contributed by atoms with Gasteiger partial charge in [0, 0.05) is 6.54 Å². The maximum atomic E-state index is 15.1. The van der Waals surface area contributed by atoms with Crippen LogP contribution in [0.2, 0.25) is 5.15 Å². The van der Waals surface area contributed by atoms with E-state index in [-0.39, 0.29) is 23.3 Å². The molecule has 0 bridgehead atoms. The molecule has 1 fully saturated rings. The first-order valence-corrected chi connectivity index (χ1v) is 10.7. The molecule has 196 valence electrons. The average Bonchev–Trinajstić information content (AvgIpc) is 3.13. The summed E-state index contributed by atoms with van der Waals surface area (Å²) in [4.78, 5) is 34.3. The number of ether oxygens (including phenoxy) is 2. The van der Waals surface area contributed by atoms with Crippen LogP contribution in [0.1, 0.15) is 22.8 Å². The van der Waals surface area contributed by atoms with Gasteiger partial charge in [-0.1, -0.05) is 11.6 Å². The van der Waals surface area contributed by atoms with Crippen molar-refractivity contribution in [1.82, 2.24) is 20.3 Å². The number of hydrogen-bond acceptors (Lipinski definition) is 8. The molecular weight excluding hydrogens is 516 g/mol. The number of nitrogens with one attached hydrogen (secondary N) is 2. The minimum Gasteiger partial charge on any atom is -0.479 e. The van der Waals surface area contributed by atoms with Crippen LogP contribution < -0.4 is 25.2 Å². The summed E-state index contributed by atoms with van der Waals surface area (Å²) in [5.41, 5.74) is 2.23. The van der Waals surface area contributed by atoms with E-state index in [0.29, 0.717) is 16.6 Å². The van der Waals surface area contributed by atoms with Gasteiger partial charge in [-0.25, -0.2) is 14.2 Å². The zero-order valence-corrected chi connectivity index (χ0v) is 19.9. The van der Waals surface area contributed by atoms with Crippen LogP contribution in [0, 0.1) is 12.7 Å². The SMILES string of the molecule is CCN1C(=O)N(c2nc(OCC(F)(F)F)c(C(=O)Nc3c(C)cc(Cl)nc3OC)cc2F)NC1CO. The predicted octanol–water partition coefficient (Wildman–Crippen LogP) is 2.86. The predicted molar refractivity (Wildman–Crippen MR) is 118 cm³/mol. The lowest BCUT2D eigenvalue weighted by atomic mass is 10.2. The highest BCUT2D eigenvalue weighted by Gasteiger charge is 2.39. The molecule has 3 heterocycles. The molecular formula is C20H21ClF4N6O5. The van der Waals surface area contributed by atoms with E-state index in [4.69, 9.17) is 21.1 Å². The Kier molecular flexibility index (Phi) is 8.05. The monoisotopic (exact) mass is 536 g/mol. The van der Waals surface area contributed by atoms with E-state index in [9.17, 15) is 27.9 Å².